The van der Waals surface area contributed by atoms with Crippen molar-refractivity contribution < 1.29 is 13.9 Å². The summed E-state index contributed by atoms with van der Waals surface area (Å²) in [6, 6.07) is 8.91. The van der Waals surface area contributed by atoms with Gasteiger partial charge in [-0.25, -0.2) is 0 Å². The molecule has 4 saturated carbocycles. The lowest BCUT2D eigenvalue weighted by molar-refractivity contribution is -0.159. The molecule has 0 unspecified atom stereocenters. The fraction of sp³-hybridized carbons (Fsp3) is 0.571. The number of carbonyl (C=O) groups is 1. The van der Waals surface area contributed by atoms with Gasteiger partial charge in [0.15, 0.2) is 0 Å². The minimum atomic E-state index is -0.200. The zero-order valence-electron chi connectivity index (χ0n) is 20.1. The van der Waals surface area contributed by atoms with Crippen molar-refractivity contribution in [3.05, 3.63) is 63.2 Å². The van der Waals surface area contributed by atoms with Gasteiger partial charge in [0.1, 0.15) is 18.6 Å². The van der Waals surface area contributed by atoms with Gasteiger partial charge in [0.25, 0.3) is 0 Å². The van der Waals surface area contributed by atoms with Gasteiger partial charge in [0, 0.05) is 42.8 Å². The van der Waals surface area contributed by atoms with E-state index in [1.165, 1.54) is 31.6 Å². The van der Waals surface area contributed by atoms with E-state index in [1.54, 1.807) is 6.07 Å². The maximum Gasteiger partial charge on any atom is 0.228 e. The van der Waals surface area contributed by atoms with Gasteiger partial charge in [-0.15, -0.1) is 0 Å². The highest BCUT2D eigenvalue weighted by atomic mass is 35.5. The number of amides is 1. The SMILES string of the molecule is O=C(N1CCN(Cc2cc(=O)c(OCc3ccccc3Cl)co2)CC1)C12CC3CC(CC(C3)C1)C2. The van der Waals surface area contributed by atoms with Crippen LogP contribution in [0.4, 0.5) is 0 Å². The lowest BCUT2D eigenvalue weighted by Gasteiger charge is -2.57. The summed E-state index contributed by atoms with van der Waals surface area (Å²) in [5.74, 6) is 3.56. The van der Waals surface area contributed by atoms with Gasteiger partial charge < -0.3 is 14.1 Å². The molecule has 4 bridgehead atoms. The van der Waals surface area contributed by atoms with Gasteiger partial charge >= 0.3 is 0 Å². The van der Waals surface area contributed by atoms with Crippen LogP contribution in [0.3, 0.4) is 0 Å². The molecule has 1 aliphatic heterocycles. The maximum absolute atomic E-state index is 13.6. The Morgan fingerprint density at radius 2 is 1.69 bits per heavy atom. The molecule has 5 aliphatic rings. The molecule has 2 aromatic rings. The highest BCUT2D eigenvalue weighted by Gasteiger charge is 2.55. The second-order valence-corrected chi connectivity index (χ2v) is 11.6. The van der Waals surface area contributed by atoms with Crippen LogP contribution < -0.4 is 10.2 Å². The van der Waals surface area contributed by atoms with Crippen molar-refractivity contribution in [1.82, 2.24) is 9.80 Å². The van der Waals surface area contributed by atoms with Crippen LogP contribution in [0.2, 0.25) is 5.02 Å². The molecular weight excluding hydrogens is 464 g/mol. The van der Waals surface area contributed by atoms with Crippen LogP contribution in [0, 0.1) is 23.2 Å². The van der Waals surface area contributed by atoms with E-state index in [-0.39, 0.29) is 23.2 Å². The molecule has 1 aromatic carbocycles. The molecule has 0 radical (unpaired) electrons. The molecule has 7 rings (SSSR count). The van der Waals surface area contributed by atoms with E-state index in [4.69, 9.17) is 20.8 Å². The largest absolute Gasteiger partial charge is 0.482 e. The summed E-state index contributed by atoms with van der Waals surface area (Å²) in [5, 5.41) is 0.606. The topological polar surface area (TPSA) is 63.0 Å². The van der Waals surface area contributed by atoms with Gasteiger partial charge in [0.05, 0.1) is 12.0 Å². The van der Waals surface area contributed by atoms with Crippen molar-refractivity contribution in [1.29, 1.82) is 0 Å². The fourth-order valence-electron chi connectivity index (χ4n) is 7.44. The van der Waals surface area contributed by atoms with Crippen LogP contribution in [0.1, 0.15) is 49.8 Å². The van der Waals surface area contributed by atoms with E-state index < -0.39 is 0 Å². The Kier molecular flexibility index (Phi) is 6.13. The van der Waals surface area contributed by atoms with Crippen molar-refractivity contribution in [2.24, 2.45) is 23.2 Å². The molecular formula is C28H33ClN2O4. The first kappa shape index (κ1) is 23.1. The summed E-state index contributed by atoms with van der Waals surface area (Å²) in [7, 11) is 0. The predicted molar refractivity (Wildman–Crippen MR) is 133 cm³/mol. The number of carbonyl (C=O) groups excluding carboxylic acids is 1. The van der Waals surface area contributed by atoms with Gasteiger partial charge in [-0.2, -0.15) is 0 Å². The smallest absolute Gasteiger partial charge is 0.228 e. The molecule has 1 aromatic heterocycles. The normalized spacial score (nSPS) is 30.0. The molecule has 0 atom stereocenters. The molecule has 0 N–H and O–H groups in total. The quantitative estimate of drug-likeness (QED) is 0.578. The van der Waals surface area contributed by atoms with Crippen molar-refractivity contribution in [2.75, 3.05) is 26.2 Å². The standard InChI is InChI=1S/C28H33ClN2O4/c29-24-4-2-1-3-22(24)17-35-26-18-34-23(12-25(26)32)16-30-5-7-31(8-6-30)27(33)28-13-19-9-20(14-28)11-21(10-19)15-28/h1-4,12,18-21H,5-11,13-17H2. The van der Waals surface area contributed by atoms with E-state index in [0.29, 0.717) is 23.2 Å². The zero-order chi connectivity index (χ0) is 24.0. The molecule has 1 amide bonds. The van der Waals surface area contributed by atoms with Crippen molar-refractivity contribution in [3.8, 4) is 5.75 Å². The molecule has 2 heterocycles. The molecule has 1 saturated heterocycles. The predicted octanol–water partition coefficient (Wildman–Crippen LogP) is 4.73. The zero-order valence-corrected chi connectivity index (χ0v) is 20.8. The highest BCUT2D eigenvalue weighted by molar-refractivity contribution is 6.31. The number of hydrogen-bond donors (Lipinski definition) is 0. The number of benzene rings is 1. The molecule has 0 spiro atoms. The Bertz CT molecular complexity index is 1120. The van der Waals surface area contributed by atoms with Crippen molar-refractivity contribution in [3.63, 3.8) is 0 Å². The van der Waals surface area contributed by atoms with Crippen LogP contribution in [-0.2, 0) is 17.9 Å². The van der Waals surface area contributed by atoms with Gasteiger partial charge in [-0.3, -0.25) is 14.5 Å². The first-order chi connectivity index (χ1) is 17.0. The minimum absolute atomic E-state index is 0.0660. The van der Waals surface area contributed by atoms with Gasteiger partial charge in [-0.05, 0) is 62.3 Å². The average Bonchev–Trinajstić information content (AvgIpc) is 2.84. The second-order valence-electron chi connectivity index (χ2n) is 11.2. The summed E-state index contributed by atoms with van der Waals surface area (Å²) in [5.41, 5.74) is 0.552. The number of nitrogens with zero attached hydrogens (tertiary/aromatic N) is 2. The Hall–Kier alpha value is -2.31. The number of piperazine rings is 1. The first-order valence-electron chi connectivity index (χ1n) is 13.0. The third-order valence-corrected chi connectivity index (χ3v) is 9.09. The van der Waals surface area contributed by atoms with Crippen LogP contribution >= 0.6 is 11.6 Å². The summed E-state index contributed by atoms with van der Waals surface area (Å²) in [4.78, 5) is 30.5. The van der Waals surface area contributed by atoms with Crippen LogP contribution in [0.25, 0.3) is 0 Å². The molecule has 6 nitrogen and oxygen atoms in total. The summed E-state index contributed by atoms with van der Waals surface area (Å²) in [6.07, 6.45) is 8.82. The number of halogens is 1. The molecule has 35 heavy (non-hydrogen) atoms. The van der Waals surface area contributed by atoms with E-state index >= 15 is 0 Å². The highest BCUT2D eigenvalue weighted by Crippen LogP contribution is 2.60. The Morgan fingerprint density at radius 1 is 1.03 bits per heavy atom. The van der Waals surface area contributed by atoms with Crippen molar-refractivity contribution >= 4 is 17.5 Å². The second kappa shape index (κ2) is 9.29. The monoisotopic (exact) mass is 496 g/mol. The first-order valence-corrected chi connectivity index (χ1v) is 13.3. The molecule has 5 fully saturated rings. The summed E-state index contributed by atoms with van der Waals surface area (Å²) < 4.78 is 11.4. The van der Waals surface area contributed by atoms with E-state index in [0.717, 1.165) is 68.8 Å². The van der Waals surface area contributed by atoms with Crippen LogP contribution in [0.5, 0.6) is 5.75 Å². The van der Waals surface area contributed by atoms with Crippen LogP contribution in [0.15, 0.2) is 45.8 Å². The molecule has 186 valence electrons. The van der Waals surface area contributed by atoms with Gasteiger partial charge in [-0.1, -0.05) is 29.8 Å². The molecule has 4 aliphatic carbocycles. The Morgan fingerprint density at radius 3 is 2.31 bits per heavy atom. The van der Waals surface area contributed by atoms with Crippen LogP contribution in [-0.4, -0.2) is 41.9 Å². The molecule has 7 heteroatoms. The fourth-order valence-corrected chi connectivity index (χ4v) is 7.63. The number of rotatable bonds is 6. The Balaban J connectivity index is 1.03. The average molecular weight is 497 g/mol. The summed E-state index contributed by atoms with van der Waals surface area (Å²) >= 11 is 6.16. The Labute approximate surface area is 211 Å². The van der Waals surface area contributed by atoms with E-state index in [2.05, 4.69) is 9.80 Å². The van der Waals surface area contributed by atoms with Gasteiger partial charge in [0.2, 0.25) is 17.1 Å². The lowest BCUT2D eigenvalue weighted by Crippen LogP contribution is -2.58. The van der Waals surface area contributed by atoms with E-state index in [1.807, 2.05) is 18.2 Å². The summed E-state index contributed by atoms with van der Waals surface area (Å²) in [6.45, 7) is 3.87. The minimum Gasteiger partial charge on any atom is -0.482 e. The maximum atomic E-state index is 13.6. The number of ether oxygens (including phenoxy) is 1. The lowest BCUT2D eigenvalue weighted by atomic mass is 9.49. The third kappa shape index (κ3) is 4.63. The van der Waals surface area contributed by atoms with Crippen molar-refractivity contribution in [2.45, 2.75) is 51.7 Å². The third-order valence-electron chi connectivity index (χ3n) is 8.72. The van der Waals surface area contributed by atoms with E-state index in [9.17, 15) is 9.59 Å². The number of hydrogen-bond acceptors (Lipinski definition) is 5.